The molecule has 4 nitrogen and oxygen atoms in total. The summed E-state index contributed by atoms with van der Waals surface area (Å²) in [4.78, 5) is 10.3. The molecular weight excluding hydrogens is 683 g/mol. The summed E-state index contributed by atoms with van der Waals surface area (Å²) in [6.45, 7) is 0. The third kappa shape index (κ3) is 5.38. The molecule has 0 bridgehead atoms. The molecule has 3 aromatic heterocycles. The molecule has 0 fully saturated rings. The van der Waals surface area contributed by atoms with E-state index in [0.29, 0.717) is 11.7 Å². The van der Waals surface area contributed by atoms with Gasteiger partial charge in [0, 0.05) is 44.2 Å². The van der Waals surface area contributed by atoms with Crippen molar-refractivity contribution in [3.63, 3.8) is 0 Å². The largest absolute Gasteiger partial charge is 0.454 e. The van der Waals surface area contributed by atoms with E-state index < -0.39 is 0 Å². The highest BCUT2D eigenvalue weighted by molar-refractivity contribution is 6.16. The summed E-state index contributed by atoms with van der Waals surface area (Å²) < 4.78 is 9.35. The van der Waals surface area contributed by atoms with Crippen molar-refractivity contribution in [3.05, 3.63) is 200 Å². The number of hydrogen-bond donors (Lipinski definition) is 0. The van der Waals surface area contributed by atoms with E-state index in [-0.39, 0.29) is 0 Å². The molecule has 0 N–H and O–H groups in total. The lowest BCUT2D eigenvalue weighted by atomic mass is 9.91. The Labute approximate surface area is 324 Å². The van der Waals surface area contributed by atoms with E-state index in [1.54, 1.807) is 0 Å². The zero-order valence-corrected chi connectivity index (χ0v) is 30.5. The van der Waals surface area contributed by atoms with Crippen LogP contribution in [0.2, 0.25) is 0 Å². The van der Waals surface area contributed by atoms with Crippen LogP contribution in [-0.4, -0.2) is 14.5 Å². The number of allylic oxidation sites excluding steroid dienone is 4. The Kier molecular flexibility index (Phi) is 7.59. The highest BCUT2D eigenvalue weighted by atomic mass is 16.3. The first-order valence-corrected chi connectivity index (χ1v) is 19.2. The predicted octanol–water partition coefficient (Wildman–Crippen LogP) is 13.7. The topological polar surface area (TPSA) is 43.9 Å². The zero-order valence-electron chi connectivity index (χ0n) is 30.5. The molecule has 1 unspecified atom stereocenters. The van der Waals surface area contributed by atoms with Crippen molar-refractivity contribution >= 4 is 43.7 Å². The fourth-order valence-corrected chi connectivity index (χ4v) is 8.45. The van der Waals surface area contributed by atoms with Gasteiger partial charge in [0.2, 0.25) is 0 Å². The molecule has 4 heteroatoms. The van der Waals surface area contributed by atoms with Crippen LogP contribution in [0.5, 0.6) is 0 Å². The quantitative estimate of drug-likeness (QED) is 0.172. The van der Waals surface area contributed by atoms with Gasteiger partial charge in [-0.2, -0.15) is 0 Å². The molecule has 10 aromatic rings. The molecule has 7 aromatic carbocycles. The van der Waals surface area contributed by atoms with Crippen LogP contribution in [-0.2, 0) is 0 Å². The average Bonchev–Trinajstić information content (AvgIpc) is 3.83. The SMILES string of the molecule is C1=CCC(c2ccc3c(c2)c2ccc(-c4ccccc4)cc2n3-c2cccc3c2oc2cccc(-c4cc(-c5ccccc5)nc(-c5ccccc5)n4)c23)C=C1. The van der Waals surface area contributed by atoms with Gasteiger partial charge in [-0.05, 0) is 59.5 Å². The molecule has 3 heterocycles. The molecule has 0 aliphatic heterocycles. The van der Waals surface area contributed by atoms with Crippen molar-refractivity contribution in [3.8, 4) is 50.7 Å². The standard InChI is InChI=1S/C52H35N3O/c1-5-15-34(16-6-1)38-28-30-46-43(31-38)40-29-27-39(35-17-7-2-8-18-35)32-48(40)55(46)47-25-13-24-42-50-41(23-14-26-49(50)56-51(42)47)45-33-44(36-19-9-3-10-20-36)53-52(54-45)37-21-11-4-12-22-37/h1-15,17-34H,16H2. The predicted molar refractivity (Wildman–Crippen MR) is 231 cm³/mol. The summed E-state index contributed by atoms with van der Waals surface area (Å²) in [5, 5.41) is 4.52. The summed E-state index contributed by atoms with van der Waals surface area (Å²) in [5.74, 6) is 1.04. The van der Waals surface area contributed by atoms with Gasteiger partial charge >= 0.3 is 0 Å². The van der Waals surface area contributed by atoms with Gasteiger partial charge in [0.1, 0.15) is 5.58 Å². The lowest BCUT2D eigenvalue weighted by Crippen LogP contribution is -1.97. The smallest absolute Gasteiger partial charge is 0.160 e. The van der Waals surface area contributed by atoms with Gasteiger partial charge in [0.25, 0.3) is 0 Å². The molecule has 11 rings (SSSR count). The lowest BCUT2D eigenvalue weighted by Gasteiger charge is -2.14. The Morgan fingerprint density at radius 1 is 0.518 bits per heavy atom. The van der Waals surface area contributed by atoms with E-state index >= 15 is 0 Å². The molecule has 1 atom stereocenters. The van der Waals surface area contributed by atoms with Crippen LogP contribution >= 0.6 is 0 Å². The van der Waals surface area contributed by atoms with Gasteiger partial charge in [-0.15, -0.1) is 0 Å². The average molecular weight is 718 g/mol. The van der Waals surface area contributed by atoms with Gasteiger partial charge in [-0.1, -0.05) is 158 Å². The monoisotopic (exact) mass is 717 g/mol. The Balaban J connectivity index is 1.15. The molecule has 1 aliphatic carbocycles. The highest BCUT2D eigenvalue weighted by Gasteiger charge is 2.22. The van der Waals surface area contributed by atoms with Crippen LogP contribution in [0.15, 0.2) is 199 Å². The van der Waals surface area contributed by atoms with Crippen molar-refractivity contribution in [2.24, 2.45) is 0 Å². The van der Waals surface area contributed by atoms with Crippen LogP contribution < -0.4 is 0 Å². The van der Waals surface area contributed by atoms with E-state index in [0.717, 1.165) is 73.2 Å². The third-order valence-electron chi connectivity index (χ3n) is 11.2. The van der Waals surface area contributed by atoms with Gasteiger partial charge in [-0.3, -0.25) is 0 Å². The summed E-state index contributed by atoms with van der Waals surface area (Å²) >= 11 is 0. The van der Waals surface area contributed by atoms with Crippen molar-refractivity contribution in [1.82, 2.24) is 14.5 Å². The van der Waals surface area contributed by atoms with Crippen LogP contribution in [0, 0.1) is 0 Å². The zero-order chi connectivity index (χ0) is 37.0. The summed E-state index contributed by atoms with van der Waals surface area (Å²) in [7, 11) is 0. The van der Waals surface area contributed by atoms with Crippen molar-refractivity contribution in [1.29, 1.82) is 0 Å². The number of rotatable bonds is 6. The van der Waals surface area contributed by atoms with E-state index in [4.69, 9.17) is 14.4 Å². The second kappa shape index (κ2) is 13.2. The minimum absolute atomic E-state index is 0.357. The van der Waals surface area contributed by atoms with Crippen molar-refractivity contribution in [2.45, 2.75) is 12.3 Å². The second-order valence-corrected chi connectivity index (χ2v) is 14.5. The number of hydrogen-bond acceptors (Lipinski definition) is 3. The van der Waals surface area contributed by atoms with Gasteiger partial charge < -0.3 is 8.98 Å². The van der Waals surface area contributed by atoms with E-state index in [9.17, 15) is 0 Å². The van der Waals surface area contributed by atoms with Gasteiger partial charge in [0.05, 0.1) is 28.1 Å². The number of nitrogens with zero attached hydrogens (tertiary/aromatic N) is 3. The van der Waals surface area contributed by atoms with Crippen molar-refractivity contribution < 1.29 is 4.42 Å². The molecule has 0 spiro atoms. The number of fused-ring (bicyclic) bond motifs is 6. The number of aromatic nitrogens is 3. The van der Waals surface area contributed by atoms with Crippen molar-refractivity contribution in [2.75, 3.05) is 0 Å². The molecule has 0 radical (unpaired) electrons. The fraction of sp³-hybridized carbons (Fsp3) is 0.0385. The normalized spacial score (nSPS) is 14.0. The van der Waals surface area contributed by atoms with Crippen LogP contribution in [0.25, 0.3) is 94.5 Å². The molecule has 264 valence electrons. The summed E-state index contributed by atoms with van der Waals surface area (Å²) in [6.07, 6.45) is 9.87. The van der Waals surface area contributed by atoms with Gasteiger partial charge in [-0.25, -0.2) is 9.97 Å². The first kappa shape index (κ1) is 32.2. The van der Waals surface area contributed by atoms with Crippen LogP contribution in [0.3, 0.4) is 0 Å². The minimum atomic E-state index is 0.357. The van der Waals surface area contributed by atoms with E-state index in [1.165, 1.54) is 27.5 Å². The van der Waals surface area contributed by atoms with Crippen LogP contribution in [0.4, 0.5) is 0 Å². The Bertz CT molecular complexity index is 3100. The first-order valence-electron chi connectivity index (χ1n) is 19.2. The molecule has 1 aliphatic rings. The maximum absolute atomic E-state index is 6.95. The Morgan fingerprint density at radius 2 is 1.27 bits per heavy atom. The van der Waals surface area contributed by atoms with Crippen LogP contribution in [0.1, 0.15) is 17.9 Å². The van der Waals surface area contributed by atoms with Gasteiger partial charge in [0.15, 0.2) is 11.4 Å². The minimum Gasteiger partial charge on any atom is -0.454 e. The lowest BCUT2D eigenvalue weighted by molar-refractivity contribution is 0.666. The summed E-state index contributed by atoms with van der Waals surface area (Å²) in [6, 6.07) is 59.9. The number of para-hydroxylation sites is 1. The van der Waals surface area contributed by atoms with E-state index in [2.05, 4.69) is 162 Å². The Morgan fingerprint density at radius 3 is 2.05 bits per heavy atom. The number of furan rings is 1. The highest BCUT2D eigenvalue weighted by Crippen LogP contribution is 2.43. The third-order valence-corrected chi connectivity index (χ3v) is 11.2. The summed E-state index contributed by atoms with van der Waals surface area (Å²) in [5.41, 5.74) is 13.4. The second-order valence-electron chi connectivity index (χ2n) is 14.5. The maximum Gasteiger partial charge on any atom is 0.160 e. The first-order chi connectivity index (χ1) is 27.8. The molecule has 56 heavy (non-hydrogen) atoms. The van der Waals surface area contributed by atoms with E-state index in [1.807, 2.05) is 36.4 Å². The molecule has 0 saturated carbocycles. The molecule has 0 amide bonds. The molecule has 0 saturated heterocycles. The molecular formula is C52H35N3O. The number of benzene rings is 7. The Hall–Kier alpha value is -7.30. The fourth-order valence-electron chi connectivity index (χ4n) is 8.45. The maximum atomic E-state index is 6.95.